The maximum atomic E-state index is 10.7. The number of urea groups is 1. The van der Waals surface area contributed by atoms with E-state index < -0.39 is 6.03 Å². The van der Waals surface area contributed by atoms with Crippen LogP contribution in [0.4, 0.5) is 4.79 Å². The number of nitrogens with two attached hydrogens (primary N) is 1. The minimum Gasteiger partial charge on any atom is -0.350 e. The van der Waals surface area contributed by atoms with Gasteiger partial charge in [0.1, 0.15) is 0 Å². The minimum absolute atomic E-state index is 0.676. The molecule has 0 aliphatic rings. The van der Waals surface area contributed by atoms with Crippen molar-refractivity contribution in [2.75, 3.05) is 0 Å². The molecule has 3 aromatic rings. The van der Waals surface area contributed by atoms with E-state index in [4.69, 9.17) is 5.73 Å². The van der Waals surface area contributed by atoms with Crippen LogP contribution in [0.1, 0.15) is 16.7 Å². The summed E-state index contributed by atoms with van der Waals surface area (Å²) in [6, 6.07) is 15.9. The van der Waals surface area contributed by atoms with Crippen LogP contribution in [0.15, 0.2) is 59.8 Å². The van der Waals surface area contributed by atoms with Crippen molar-refractivity contribution in [2.24, 2.45) is 10.8 Å². The van der Waals surface area contributed by atoms with E-state index >= 15 is 0 Å². The molecule has 3 rings (SSSR count). The van der Waals surface area contributed by atoms with Gasteiger partial charge in [0.25, 0.3) is 0 Å². The first-order valence-electron chi connectivity index (χ1n) is 7.35. The summed E-state index contributed by atoms with van der Waals surface area (Å²) in [5.74, 6) is 0. The van der Waals surface area contributed by atoms with E-state index in [1.54, 1.807) is 6.21 Å². The lowest BCUT2D eigenvalue weighted by Gasteiger charge is -2.06. The van der Waals surface area contributed by atoms with Gasteiger partial charge in [-0.2, -0.15) is 5.10 Å². The zero-order valence-electron chi connectivity index (χ0n) is 12.9. The quantitative estimate of drug-likeness (QED) is 0.564. The Morgan fingerprint density at radius 2 is 1.96 bits per heavy atom. The van der Waals surface area contributed by atoms with E-state index in [1.165, 1.54) is 11.1 Å². The van der Waals surface area contributed by atoms with Crippen LogP contribution in [-0.4, -0.2) is 16.8 Å². The van der Waals surface area contributed by atoms with Gasteiger partial charge in [0.05, 0.1) is 6.21 Å². The van der Waals surface area contributed by atoms with Gasteiger partial charge in [-0.15, -0.1) is 0 Å². The van der Waals surface area contributed by atoms with E-state index in [0.717, 1.165) is 23.0 Å². The molecule has 1 aromatic heterocycles. The second kappa shape index (κ2) is 6.36. The van der Waals surface area contributed by atoms with Crippen molar-refractivity contribution in [1.29, 1.82) is 0 Å². The van der Waals surface area contributed by atoms with Crippen molar-refractivity contribution in [2.45, 2.75) is 13.5 Å². The number of para-hydroxylation sites is 1. The number of aromatic nitrogens is 1. The number of primary amides is 1. The van der Waals surface area contributed by atoms with Crippen molar-refractivity contribution >= 4 is 23.1 Å². The van der Waals surface area contributed by atoms with Crippen LogP contribution in [0.3, 0.4) is 0 Å². The fourth-order valence-corrected chi connectivity index (χ4v) is 2.56. The molecule has 116 valence electrons. The third-order valence-corrected chi connectivity index (χ3v) is 3.67. The van der Waals surface area contributed by atoms with E-state index in [-0.39, 0.29) is 0 Å². The zero-order valence-corrected chi connectivity index (χ0v) is 12.9. The van der Waals surface area contributed by atoms with Gasteiger partial charge in [0.15, 0.2) is 0 Å². The second-order valence-electron chi connectivity index (χ2n) is 5.45. The summed E-state index contributed by atoms with van der Waals surface area (Å²) < 4.78 is 2.17. The molecule has 5 heteroatoms. The van der Waals surface area contributed by atoms with Gasteiger partial charge in [-0.3, -0.25) is 0 Å². The molecule has 5 nitrogen and oxygen atoms in total. The molecular formula is C18H18N4O. The van der Waals surface area contributed by atoms with Crippen molar-refractivity contribution in [3.63, 3.8) is 0 Å². The molecule has 0 spiro atoms. The number of nitrogens with zero attached hydrogens (tertiary/aromatic N) is 2. The number of nitrogens with one attached hydrogen (secondary N) is 1. The fraction of sp³-hybridized carbons (Fsp3) is 0.111. The van der Waals surface area contributed by atoms with Crippen LogP contribution in [0.25, 0.3) is 10.9 Å². The lowest BCUT2D eigenvalue weighted by Crippen LogP contribution is -2.24. The Hall–Kier alpha value is -3.08. The molecule has 2 amide bonds. The van der Waals surface area contributed by atoms with Crippen molar-refractivity contribution in [1.82, 2.24) is 9.99 Å². The molecule has 0 saturated heterocycles. The first-order valence-corrected chi connectivity index (χ1v) is 7.35. The maximum absolute atomic E-state index is 10.7. The number of carbonyl (C=O) groups is 1. The SMILES string of the molecule is Cc1ccc(Cn2cc(C=NNC(N)=O)c3ccccc32)cc1. The number of fused-ring (bicyclic) bond motifs is 1. The highest BCUT2D eigenvalue weighted by Gasteiger charge is 2.07. The maximum Gasteiger partial charge on any atom is 0.332 e. The molecule has 23 heavy (non-hydrogen) atoms. The van der Waals surface area contributed by atoms with E-state index in [1.807, 2.05) is 24.4 Å². The highest BCUT2D eigenvalue weighted by molar-refractivity contribution is 5.99. The highest BCUT2D eigenvalue weighted by Crippen LogP contribution is 2.21. The highest BCUT2D eigenvalue weighted by atomic mass is 16.2. The predicted molar refractivity (Wildman–Crippen MR) is 92.5 cm³/mol. The molecule has 0 radical (unpaired) electrons. The summed E-state index contributed by atoms with van der Waals surface area (Å²) in [5.41, 5.74) is 11.8. The van der Waals surface area contributed by atoms with E-state index in [0.29, 0.717) is 0 Å². The summed E-state index contributed by atoms with van der Waals surface area (Å²) in [6.45, 7) is 2.85. The van der Waals surface area contributed by atoms with Crippen LogP contribution in [-0.2, 0) is 6.54 Å². The largest absolute Gasteiger partial charge is 0.350 e. The Labute approximate surface area is 134 Å². The molecule has 0 aliphatic carbocycles. The summed E-state index contributed by atoms with van der Waals surface area (Å²) in [6.07, 6.45) is 3.63. The Morgan fingerprint density at radius 1 is 1.22 bits per heavy atom. The average molecular weight is 306 g/mol. The molecule has 0 atom stereocenters. The number of rotatable bonds is 4. The number of hydrogen-bond acceptors (Lipinski definition) is 2. The van der Waals surface area contributed by atoms with Crippen molar-refractivity contribution < 1.29 is 4.79 Å². The normalized spacial score (nSPS) is 11.2. The molecule has 0 fully saturated rings. The van der Waals surface area contributed by atoms with Crippen molar-refractivity contribution in [3.8, 4) is 0 Å². The minimum atomic E-state index is -0.676. The zero-order chi connectivity index (χ0) is 16.2. The van der Waals surface area contributed by atoms with Crippen LogP contribution >= 0.6 is 0 Å². The second-order valence-corrected chi connectivity index (χ2v) is 5.45. The number of benzene rings is 2. The first kappa shape index (κ1) is 14.8. The van der Waals surface area contributed by atoms with Gasteiger partial charge in [-0.25, -0.2) is 10.2 Å². The summed E-state index contributed by atoms with van der Waals surface area (Å²) in [5, 5.41) is 4.94. The molecule has 0 bridgehead atoms. The van der Waals surface area contributed by atoms with Gasteiger partial charge < -0.3 is 10.3 Å². The smallest absolute Gasteiger partial charge is 0.332 e. The van der Waals surface area contributed by atoms with E-state index in [2.05, 4.69) is 52.3 Å². The van der Waals surface area contributed by atoms with Gasteiger partial charge in [-0.05, 0) is 18.6 Å². The molecule has 0 unspecified atom stereocenters. The lowest BCUT2D eigenvalue weighted by molar-refractivity contribution is 0.249. The summed E-state index contributed by atoms with van der Waals surface area (Å²) in [7, 11) is 0. The van der Waals surface area contributed by atoms with Crippen LogP contribution < -0.4 is 11.2 Å². The Balaban J connectivity index is 1.95. The van der Waals surface area contributed by atoms with Crippen LogP contribution in [0.2, 0.25) is 0 Å². The third kappa shape index (κ3) is 3.40. The monoisotopic (exact) mass is 306 g/mol. The Morgan fingerprint density at radius 3 is 2.70 bits per heavy atom. The number of hydrazone groups is 1. The number of carbonyl (C=O) groups excluding carboxylic acids is 1. The summed E-state index contributed by atoms with van der Waals surface area (Å²) in [4.78, 5) is 10.7. The number of hydrogen-bond donors (Lipinski definition) is 2. The van der Waals surface area contributed by atoms with Gasteiger partial charge in [0, 0.05) is 29.2 Å². The third-order valence-electron chi connectivity index (χ3n) is 3.67. The predicted octanol–water partition coefficient (Wildman–Crippen LogP) is 3.00. The number of amides is 2. The Bertz CT molecular complexity index is 862. The molecule has 2 aromatic carbocycles. The average Bonchev–Trinajstić information content (AvgIpc) is 2.88. The van der Waals surface area contributed by atoms with Crippen LogP contribution in [0.5, 0.6) is 0 Å². The molecule has 3 N–H and O–H groups in total. The standard InChI is InChI=1S/C18H18N4O/c1-13-6-8-14(9-7-13)11-22-12-15(10-20-21-18(19)23)16-4-2-3-5-17(16)22/h2-10,12H,11H2,1H3,(H3,19,21,23). The van der Waals surface area contributed by atoms with Crippen LogP contribution in [0, 0.1) is 6.92 Å². The van der Waals surface area contributed by atoms with Gasteiger partial charge in [0.2, 0.25) is 0 Å². The van der Waals surface area contributed by atoms with Crippen molar-refractivity contribution in [3.05, 3.63) is 71.4 Å². The molecule has 0 saturated carbocycles. The van der Waals surface area contributed by atoms with Gasteiger partial charge >= 0.3 is 6.03 Å². The first-order chi connectivity index (χ1) is 11.1. The van der Waals surface area contributed by atoms with Gasteiger partial charge in [-0.1, -0.05) is 48.0 Å². The molecule has 1 heterocycles. The molecular weight excluding hydrogens is 288 g/mol. The molecule has 0 aliphatic heterocycles. The lowest BCUT2D eigenvalue weighted by atomic mass is 10.1. The number of aryl methyl sites for hydroxylation is 1. The fourth-order valence-electron chi connectivity index (χ4n) is 2.56. The Kier molecular flexibility index (Phi) is 4.10. The summed E-state index contributed by atoms with van der Waals surface area (Å²) >= 11 is 0. The topological polar surface area (TPSA) is 72.4 Å². The van der Waals surface area contributed by atoms with E-state index in [9.17, 15) is 4.79 Å².